The van der Waals surface area contributed by atoms with Gasteiger partial charge in [0, 0.05) is 24.7 Å². The van der Waals surface area contributed by atoms with Crippen molar-refractivity contribution in [3.63, 3.8) is 0 Å². The maximum absolute atomic E-state index is 12.7. The lowest BCUT2D eigenvalue weighted by Crippen LogP contribution is -2.44. The highest BCUT2D eigenvalue weighted by atomic mass is 35.5. The zero-order valence-electron chi connectivity index (χ0n) is 13.1. The fourth-order valence-corrected chi connectivity index (χ4v) is 3.62. The second kappa shape index (κ2) is 7.85. The van der Waals surface area contributed by atoms with E-state index in [-0.39, 0.29) is 35.0 Å². The third-order valence-electron chi connectivity index (χ3n) is 4.83. The van der Waals surface area contributed by atoms with Crippen LogP contribution in [0.25, 0.3) is 0 Å². The zero-order chi connectivity index (χ0) is 16.4. The molecule has 1 aromatic rings. The van der Waals surface area contributed by atoms with Gasteiger partial charge >= 0.3 is 6.61 Å². The highest BCUT2D eigenvalue weighted by Gasteiger charge is 2.38. The molecule has 1 N–H and O–H groups in total. The number of ether oxygens (including phenoxy) is 1. The first-order chi connectivity index (χ1) is 11.0. The Morgan fingerprint density at radius 1 is 1.29 bits per heavy atom. The van der Waals surface area contributed by atoms with Gasteiger partial charge in [-0.1, -0.05) is 11.6 Å². The number of piperidine rings is 1. The number of nitrogens with one attached hydrogen (secondary N) is 1. The van der Waals surface area contributed by atoms with E-state index < -0.39 is 6.61 Å². The molecule has 2 aliphatic rings. The van der Waals surface area contributed by atoms with Crippen molar-refractivity contribution >= 4 is 29.9 Å². The Morgan fingerprint density at radius 3 is 2.58 bits per heavy atom. The van der Waals surface area contributed by atoms with Gasteiger partial charge in [-0.3, -0.25) is 4.79 Å². The van der Waals surface area contributed by atoms with Crippen LogP contribution >= 0.6 is 24.0 Å². The number of carbonyl (C=O) groups excluding carboxylic acids is 1. The molecule has 2 fully saturated rings. The van der Waals surface area contributed by atoms with E-state index >= 15 is 0 Å². The first-order valence-corrected chi connectivity index (χ1v) is 8.11. The minimum Gasteiger partial charge on any atom is -0.434 e. The fourth-order valence-electron chi connectivity index (χ4n) is 3.44. The summed E-state index contributed by atoms with van der Waals surface area (Å²) in [5.74, 6) is -0.429. The van der Waals surface area contributed by atoms with Crippen molar-refractivity contribution in [2.75, 3.05) is 26.2 Å². The average Bonchev–Trinajstić information content (AvgIpc) is 2.97. The molecule has 2 aliphatic heterocycles. The molecule has 0 unspecified atom stereocenters. The van der Waals surface area contributed by atoms with Crippen LogP contribution in [0.4, 0.5) is 8.78 Å². The monoisotopic (exact) mass is 380 g/mol. The summed E-state index contributed by atoms with van der Waals surface area (Å²) in [4.78, 5) is 14.4. The van der Waals surface area contributed by atoms with Gasteiger partial charge in [-0.25, -0.2) is 0 Å². The van der Waals surface area contributed by atoms with E-state index in [0.29, 0.717) is 18.1 Å². The van der Waals surface area contributed by atoms with Gasteiger partial charge in [-0.2, -0.15) is 8.78 Å². The average molecular weight is 381 g/mol. The SMILES string of the molecule is Cl.O=C(c1cc(Cl)ccc1OC(F)F)N1CCC2(CCNC2)CC1. The lowest BCUT2D eigenvalue weighted by Gasteiger charge is -2.39. The summed E-state index contributed by atoms with van der Waals surface area (Å²) in [7, 11) is 0. The molecule has 0 atom stereocenters. The summed E-state index contributed by atoms with van der Waals surface area (Å²) in [6, 6.07) is 4.14. The van der Waals surface area contributed by atoms with Crippen LogP contribution in [0, 0.1) is 5.41 Å². The minimum atomic E-state index is -2.98. The van der Waals surface area contributed by atoms with Crippen LogP contribution in [0.3, 0.4) is 0 Å². The van der Waals surface area contributed by atoms with E-state index in [2.05, 4.69) is 10.1 Å². The predicted molar refractivity (Wildman–Crippen MR) is 90.4 cm³/mol. The van der Waals surface area contributed by atoms with E-state index in [0.717, 1.165) is 32.4 Å². The van der Waals surface area contributed by atoms with E-state index in [9.17, 15) is 13.6 Å². The Morgan fingerprint density at radius 2 is 2.00 bits per heavy atom. The van der Waals surface area contributed by atoms with Gasteiger partial charge in [0.25, 0.3) is 5.91 Å². The molecule has 1 amide bonds. The van der Waals surface area contributed by atoms with Crippen molar-refractivity contribution in [1.29, 1.82) is 0 Å². The predicted octanol–water partition coefficient (Wildman–Crippen LogP) is 3.58. The van der Waals surface area contributed by atoms with Crippen LogP contribution in [-0.4, -0.2) is 43.6 Å². The van der Waals surface area contributed by atoms with Crippen molar-refractivity contribution in [3.05, 3.63) is 28.8 Å². The largest absolute Gasteiger partial charge is 0.434 e. The smallest absolute Gasteiger partial charge is 0.387 e. The third-order valence-corrected chi connectivity index (χ3v) is 5.07. The number of amides is 1. The second-order valence-corrected chi connectivity index (χ2v) is 6.67. The molecule has 4 nitrogen and oxygen atoms in total. The Kier molecular flexibility index (Phi) is 6.28. The summed E-state index contributed by atoms with van der Waals surface area (Å²) < 4.78 is 29.5. The van der Waals surface area contributed by atoms with Crippen LogP contribution in [0.1, 0.15) is 29.6 Å². The van der Waals surface area contributed by atoms with E-state index in [1.165, 1.54) is 18.2 Å². The number of alkyl halides is 2. The molecule has 0 bridgehead atoms. The number of nitrogens with zero attached hydrogens (tertiary/aromatic N) is 1. The highest BCUT2D eigenvalue weighted by Crippen LogP contribution is 2.37. The van der Waals surface area contributed by atoms with Crippen LogP contribution in [-0.2, 0) is 0 Å². The van der Waals surface area contributed by atoms with Crippen molar-refractivity contribution in [2.45, 2.75) is 25.9 Å². The van der Waals surface area contributed by atoms with E-state index in [1.54, 1.807) is 4.90 Å². The van der Waals surface area contributed by atoms with Crippen LogP contribution in [0.5, 0.6) is 5.75 Å². The highest BCUT2D eigenvalue weighted by molar-refractivity contribution is 6.31. The molecule has 0 saturated carbocycles. The zero-order valence-corrected chi connectivity index (χ0v) is 14.6. The molecule has 1 aromatic carbocycles. The topological polar surface area (TPSA) is 41.6 Å². The van der Waals surface area contributed by atoms with Gasteiger partial charge in [0.15, 0.2) is 0 Å². The summed E-state index contributed by atoms with van der Waals surface area (Å²) in [5, 5.41) is 3.70. The lowest BCUT2D eigenvalue weighted by molar-refractivity contribution is -0.0503. The molecule has 0 radical (unpaired) electrons. The van der Waals surface area contributed by atoms with Gasteiger partial charge in [0.1, 0.15) is 5.75 Å². The van der Waals surface area contributed by atoms with Crippen LogP contribution < -0.4 is 10.1 Å². The molecule has 0 aliphatic carbocycles. The first kappa shape index (κ1) is 19.2. The number of hydrogen-bond donors (Lipinski definition) is 1. The molecule has 2 heterocycles. The molecular formula is C16H20Cl2F2N2O2. The lowest BCUT2D eigenvalue weighted by atomic mass is 9.78. The number of likely N-dealkylation sites (tertiary alicyclic amines) is 1. The maximum atomic E-state index is 12.7. The summed E-state index contributed by atoms with van der Waals surface area (Å²) in [5.41, 5.74) is 0.381. The third kappa shape index (κ3) is 4.10. The van der Waals surface area contributed by atoms with Gasteiger partial charge in [0.2, 0.25) is 0 Å². The Labute approximate surface area is 150 Å². The number of benzene rings is 1. The van der Waals surface area contributed by atoms with Crippen molar-refractivity contribution in [1.82, 2.24) is 10.2 Å². The van der Waals surface area contributed by atoms with Gasteiger partial charge in [0.05, 0.1) is 5.56 Å². The number of carbonyl (C=O) groups is 1. The normalized spacial score (nSPS) is 19.4. The Balaban J connectivity index is 0.00000208. The van der Waals surface area contributed by atoms with Crippen molar-refractivity contribution in [2.24, 2.45) is 5.41 Å². The molecular weight excluding hydrogens is 361 g/mol. The van der Waals surface area contributed by atoms with Crippen molar-refractivity contribution in [3.8, 4) is 5.75 Å². The van der Waals surface area contributed by atoms with Gasteiger partial charge < -0.3 is 15.0 Å². The summed E-state index contributed by atoms with van der Waals surface area (Å²) in [6.07, 6.45) is 2.99. The van der Waals surface area contributed by atoms with Crippen LogP contribution in [0.2, 0.25) is 5.02 Å². The Bertz CT molecular complexity index is 585. The molecule has 8 heteroatoms. The minimum absolute atomic E-state index is 0. The molecule has 134 valence electrons. The fraction of sp³-hybridized carbons (Fsp3) is 0.562. The molecule has 1 spiro atoms. The quantitative estimate of drug-likeness (QED) is 0.871. The van der Waals surface area contributed by atoms with Crippen molar-refractivity contribution < 1.29 is 18.3 Å². The standard InChI is InChI=1S/C16H19ClF2N2O2.ClH/c17-11-1-2-13(23-15(18)19)12(9-11)14(22)21-7-4-16(5-8-21)3-6-20-10-16;/h1-2,9,15,20H,3-8,10H2;1H. The molecule has 0 aromatic heterocycles. The molecule has 2 saturated heterocycles. The summed E-state index contributed by atoms with van der Waals surface area (Å²) >= 11 is 5.91. The number of hydrogen-bond acceptors (Lipinski definition) is 3. The maximum Gasteiger partial charge on any atom is 0.387 e. The van der Waals surface area contributed by atoms with E-state index in [1.807, 2.05) is 0 Å². The second-order valence-electron chi connectivity index (χ2n) is 6.24. The number of halogens is 4. The van der Waals surface area contributed by atoms with Gasteiger partial charge in [-0.15, -0.1) is 12.4 Å². The van der Waals surface area contributed by atoms with Gasteiger partial charge in [-0.05, 0) is 49.4 Å². The number of rotatable bonds is 3. The molecule has 3 rings (SSSR count). The molecule has 24 heavy (non-hydrogen) atoms. The Hall–Kier alpha value is -1.11. The van der Waals surface area contributed by atoms with Crippen LogP contribution in [0.15, 0.2) is 18.2 Å². The van der Waals surface area contributed by atoms with E-state index in [4.69, 9.17) is 11.6 Å². The first-order valence-electron chi connectivity index (χ1n) is 7.73. The summed E-state index contributed by atoms with van der Waals surface area (Å²) in [6.45, 7) is 0.292.